The minimum Gasteiger partial charge on any atom is -0.396 e. The first-order chi connectivity index (χ1) is 8.52. The highest BCUT2D eigenvalue weighted by molar-refractivity contribution is 7.99. The summed E-state index contributed by atoms with van der Waals surface area (Å²) >= 11 is 1.57. The number of aryl methyl sites for hydroxylation is 1. The highest BCUT2D eigenvalue weighted by atomic mass is 32.2. The van der Waals surface area contributed by atoms with Gasteiger partial charge in [-0.15, -0.1) is 0 Å². The van der Waals surface area contributed by atoms with E-state index in [1.807, 2.05) is 20.2 Å². The van der Waals surface area contributed by atoms with Gasteiger partial charge in [0.15, 0.2) is 0 Å². The van der Waals surface area contributed by atoms with Crippen LogP contribution >= 0.6 is 11.8 Å². The molecule has 18 heavy (non-hydrogen) atoms. The van der Waals surface area contributed by atoms with Gasteiger partial charge in [0.1, 0.15) is 0 Å². The molecule has 0 aromatic carbocycles. The standard InChI is InChI=1S/C12H21N3O2S/c1-10(7-16)8-18-9-12(17)14(2)5-11-4-13-15(3)6-11/h4,6,10,16H,5,7-9H2,1-3H3. The normalized spacial score (nSPS) is 12.4. The Hall–Kier alpha value is -1.01. The number of rotatable bonds is 7. The van der Waals surface area contributed by atoms with Crippen molar-refractivity contribution in [2.24, 2.45) is 13.0 Å². The lowest BCUT2D eigenvalue weighted by atomic mass is 10.2. The lowest BCUT2D eigenvalue weighted by Gasteiger charge is -2.16. The van der Waals surface area contributed by atoms with Crippen molar-refractivity contribution in [3.63, 3.8) is 0 Å². The van der Waals surface area contributed by atoms with Crippen molar-refractivity contribution in [1.82, 2.24) is 14.7 Å². The van der Waals surface area contributed by atoms with Gasteiger partial charge in [-0.25, -0.2) is 0 Å². The van der Waals surface area contributed by atoms with E-state index < -0.39 is 0 Å². The molecule has 1 atom stereocenters. The van der Waals surface area contributed by atoms with Crippen molar-refractivity contribution in [2.45, 2.75) is 13.5 Å². The number of thioether (sulfide) groups is 1. The molecule has 0 fully saturated rings. The van der Waals surface area contributed by atoms with Crippen LogP contribution in [0.3, 0.4) is 0 Å². The Labute approximate surface area is 112 Å². The third-order valence-corrected chi connectivity index (χ3v) is 3.80. The fraction of sp³-hybridized carbons (Fsp3) is 0.667. The van der Waals surface area contributed by atoms with Gasteiger partial charge in [-0.1, -0.05) is 6.92 Å². The summed E-state index contributed by atoms with van der Waals surface area (Å²) in [6.07, 6.45) is 3.68. The molecular weight excluding hydrogens is 250 g/mol. The summed E-state index contributed by atoms with van der Waals surface area (Å²) in [6.45, 7) is 2.73. The second kappa shape index (κ2) is 7.43. The second-order valence-electron chi connectivity index (χ2n) is 4.57. The van der Waals surface area contributed by atoms with Gasteiger partial charge in [-0.2, -0.15) is 16.9 Å². The van der Waals surface area contributed by atoms with Gasteiger partial charge in [-0.3, -0.25) is 9.48 Å². The fourth-order valence-electron chi connectivity index (χ4n) is 1.43. The SMILES string of the molecule is CC(CO)CSCC(=O)N(C)Cc1cnn(C)c1. The van der Waals surface area contributed by atoms with Crippen LogP contribution < -0.4 is 0 Å². The summed E-state index contributed by atoms with van der Waals surface area (Å²) in [5.41, 5.74) is 1.03. The lowest BCUT2D eigenvalue weighted by Crippen LogP contribution is -2.28. The molecule has 0 aliphatic carbocycles. The number of aliphatic hydroxyl groups is 1. The molecule has 6 heteroatoms. The third kappa shape index (κ3) is 5.10. The molecule has 0 aliphatic heterocycles. The number of hydrogen-bond donors (Lipinski definition) is 1. The van der Waals surface area contributed by atoms with E-state index >= 15 is 0 Å². The smallest absolute Gasteiger partial charge is 0.232 e. The van der Waals surface area contributed by atoms with Gasteiger partial charge in [-0.05, 0) is 11.7 Å². The Kier molecular flexibility index (Phi) is 6.21. The predicted molar refractivity (Wildman–Crippen MR) is 73.3 cm³/mol. The summed E-state index contributed by atoms with van der Waals surface area (Å²) in [5.74, 6) is 1.62. The fourth-order valence-corrected chi connectivity index (χ4v) is 2.45. The van der Waals surface area contributed by atoms with Crippen LogP contribution in [0.25, 0.3) is 0 Å². The van der Waals surface area contributed by atoms with Crippen molar-refractivity contribution in [1.29, 1.82) is 0 Å². The van der Waals surface area contributed by atoms with Gasteiger partial charge < -0.3 is 10.0 Å². The van der Waals surface area contributed by atoms with Gasteiger partial charge in [0.2, 0.25) is 5.91 Å². The van der Waals surface area contributed by atoms with Crippen LogP contribution in [-0.2, 0) is 18.4 Å². The maximum Gasteiger partial charge on any atom is 0.232 e. The quantitative estimate of drug-likeness (QED) is 0.794. The Morgan fingerprint density at radius 3 is 2.94 bits per heavy atom. The third-order valence-electron chi connectivity index (χ3n) is 2.54. The largest absolute Gasteiger partial charge is 0.396 e. The van der Waals surface area contributed by atoms with Gasteiger partial charge in [0.05, 0.1) is 11.9 Å². The maximum absolute atomic E-state index is 11.8. The topological polar surface area (TPSA) is 58.4 Å². The molecule has 1 aromatic heterocycles. The Morgan fingerprint density at radius 1 is 1.67 bits per heavy atom. The number of nitrogens with zero attached hydrogens (tertiary/aromatic N) is 3. The van der Waals surface area contributed by atoms with E-state index in [9.17, 15) is 4.79 Å². The summed E-state index contributed by atoms with van der Waals surface area (Å²) in [5, 5.41) is 13.0. The average Bonchev–Trinajstić information content (AvgIpc) is 2.74. The molecule has 1 heterocycles. The zero-order valence-electron chi connectivity index (χ0n) is 11.2. The van der Waals surface area contributed by atoms with E-state index in [1.165, 1.54) is 0 Å². The van der Waals surface area contributed by atoms with E-state index in [4.69, 9.17) is 5.11 Å². The van der Waals surface area contributed by atoms with Gasteiger partial charge in [0, 0.05) is 39.0 Å². The van der Waals surface area contributed by atoms with Crippen LogP contribution in [0.15, 0.2) is 12.4 Å². The molecule has 102 valence electrons. The molecular formula is C12H21N3O2S. The number of aliphatic hydroxyl groups excluding tert-OH is 1. The molecule has 1 aromatic rings. The molecule has 5 nitrogen and oxygen atoms in total. The molecule has 0 bridgehead atoms. The Morgan fingerprint density at radius 2 is 2.39 bits per heavy atom. The summed E-state index contributed by atoms with van der Waals surface area (Å²) in [4.78, 5) is 13.5. The number of carbonyl (C=O) groups is 1. The van der Waals surface area contributed by atoms with E-state index in [2.05, 4.69) is 5.10 Å². The van der Waals surface area contributed by atoms with Crippen LogP contribution in [0, 0.1) is 5.92 Å². The first kappa shape index (κ1) is 15.0. The monoisotopic (exact) mass is 271 g/mol. The molecule has 0 saturated carbocycles. The number of amides is 1. The van der Waals surface area contributed by atoms with Crippen LogP contribution in [0.5, 0.6) is 0 Å². The van der Waals surface area contributed by atoms with E-state index in [0.717, 1.165) is 11.3 Å². The first-order valence-corrected chi connectivity index (χ1v) is 7.08. The lowest BCUT2D eigenvalue weighted by molar-refractivity contribution is -0.127. The molecule has 1 N–H and O–H groups in total. The van der Waals surface area contributed by atoms with E-state index in [-0.39, 0.29) is 18.4 Å². The van der Waals surface area contributed by atoms with Crippen molar-refractivity contribution in [3.8, 4) is 0 Å². The van der Waals surface area contributed by atoms with Crippen molar-refractivity contribution < 1.29 is 9.90 Å². The Bertz CT molecular complexity index is 381. The summed E-state index contributed by atoms with van der Waals surface area (Å²) < 4.78 is 1.73. The van der Waals surface area contributed by atoms with Crippen molar-refractivity contribution >= 4 is 17.7 Å². The molecule has 0 aliphatic rings. The van der Waals surface area contributed by atoms with Crippen LogP contribution in [0.2, 0.25) is 0 Å². The van der Waals surface area contributed by atoms with Crippen molar-refractivity contribution in [2.75, 3.05) is 25.2 Å². The highest BCUT2D eigenvalue weighted by Crippen LogP contribution is 2.09. The van der Waals surface area contributed by atoms with Crippen LogP contribution in [0.4, 0.5) is 0 Å². The minimum absolute atomic E-state index is 0.106. The molecule has 1 rings (SSSR count). The number of hydrogen-bond acceptors (Lipinski definition) is 4. The first-order valence-electron chi connectivity index (χ1n) is 5.93. The van der Waals surface area contributed by atoms with Gasteiger partial charge >= 0.3 is 0 Å². The van der Waals surface area contributed by atoms with Crippen LogP contribution in [-0.4, -0.2) is 50.9 Å². The molecule has 1 unspecified atom stereocenters. The van der Waals surface area contributed by atoms with Crippen molar-refractivity contribution in [3.05, 3.63) is 18.0 Å². The average molecular weight is 271 g/mol. The highest BCUT2D eigenvalue weighted by Gasteiger charge is 2.11. The predicted octanol–water partition coefficient (Wildman–Crippen LogP) is 0.740. The number of aromatic nitrogens is 2. The molecule has 0 radical (unpaired) electrons. The Balaban J connectivity index is 2.28. The summed E-state index contributed by atoms with van der Waals surface area (Å²) in [7, 11) is 3.66. The molecule has 0 spiro atoms. The second-order valence-corrected chi connectivity index (χ2v) is 5.61. The molecule has 0 saturated heterocycles. The zero-order chi connectivity index (χ0) is 13.5. The summed E-state index contributed by atoms with van der Waals surface area (Å²) in [6, 6.07) is 0. The zero-order valence-corrected chi connectivity index (χ0v) is 12.0. The minimum atomic E-state index is 0.106. The maximum atomic E-state index is 11.8. The number of carbonyl (C=O) groups excluding carboxylic acids is 1. The van der Waals surface area contributed by atoms with Crippen LogP contribution in [0.1, 0.15) is 12.5 Å². The molecule has 1 amide bonds. The van der Waals surface area contributed by atoms with Gasteiger partial charge in [0.25, 0.3) is 0 Å². The van der Waals surface area contributed by atoms with E-state index in [1.54, 1.807) is 34.6 Å². The van der Waals surface area contributed by atoms with E-state index in [0.29, 0.717) is 12.3 Å².